The minimum atomic E-state index is -0.803. The zero-order valence-corrected chi connectivity index (χ0v) is 23.7. The molecule has 0 bridgehead atoms. The molecular weight excluding hydrogens is 576 g/mol. The van der Waals surface area contributed by atoms with E-state index in [2.05, 4.69) is 36.8 Å². The third-order valence-corrected chi connectivity index (χ3v) is 6.43. The summed E-state index contributed by atoms with van der Waals surface area (Å²) in [6.45, 7) is 6.01. The molecule has 2 aliphatic rings. The first-order chi connectivity index (χ1) is 21.8. The normalized spacial score (nSPS) is 13.2. The Morgan fingerprint density at radius 1 is 0.756 bits per heavy atom. The summed E-state index contributed by atoms with van der Waals surface area (Å²) in [5.74, 6) is -1.60. The average molecular weight is 599 g/mol. The maximum atomic E-state index is 11.5. The summed E-state index contributed by atoms with van der Waals surface area (Å²) in [6, 6.07) is 18.4. The lowest BCUT2D eigenvalue weighted by molar-refractivity contribution is 0.0986. The number of hydrogen-bond acceptors (Lipinski definition) is 12. The number of hydrogen-bond donors (Lipinski definition) is 2. The molecule has 0 unspecified atom stereocenters. The van der Waals surface area contributed by atoms with Gasteiger partial charge in [0, 0.05) is 22.3 Å². The largest absolute Gasteiger partial charge is 0.396 e. The second-order valence-corrected chi connectivity index (χ2v) is 9.16. The molecule has 0 saturated heterocycles. The van der Waals surface area contributed by atoms with Gasteiger partial charge in [-0.1, -0.05) is 71.5 Å². The Bertz CT molecular complexity index is 2040. The minimum absolute atomic E-state index is 0.122. The smallest absolute Gasteiger partial charge is 0.270 e. The molecule has 0 fully saturated rings. The van der Waals surface area contributed by atoms with Crippen molar-refractivity contribution >= 4 is 23.2 Å². The summed E-state index contributed by atoms with van der Waals surface area (Å²) in [6.07, 6.45) is 1.56. The fourth-order valence-electron chi connectivity index (χ4n) is 4.59. The van der Waals surface area contributed by atoms with Crippen molar-refractivity contribution in [1.29, 1.82) is 10.5 Å². The van der Waals surface area contributed by atoms with Gasteiger partial charge in [-0.15, -0.1) is 0 Å². The molecule has 2 aliphatic carbocycles. The number of amides is 2. The number of nitrogens with two attached hydrogens (primary N) is 2. The summed E-state index contributed by atoms with van der Waals surface area (Å²) in [5.41, 5.74) is 15.7. The Kier molecular flexibility index (Phi) is 8.31. The van der Waals surface area contributed by atoms with Crippen molar-refractivity contribution in [2.75, 3.05) is 13.2 Å². The number of oxime groups is 2. The van der Waals surface area contributed by atoms with Crippen LogP contribution in [-0.2, 0) is 9.68 Å². The third-order valence-electron chi connectivity index (χ3n) is 6.43. The van der Waals surface area contributed by atoms with E-state index in [1.807, 2.05) is 67.6 Å². The summed E-state index contributed by atoms with van der Waals surface area (Å²) in [5, 5.41) is 26.4. The quantitative estimate of drug-likeness (QED) is 0.155. The van der Waals surface area contributed by atoms with Crippen molar-refractivity contribution in [2.24, 2.45) is 21.8 Å². The van der Waals surface area contributed by atoms with Gasteiger partial charge in [-0.3, -0.25) is 9.59 Å². The van der Waals surface area contributed by atoms with Gasteiger partial charge in [-0.25, -0.2) is 19.9 Å². The zero-order valence-electron chi connectivity index (χ0n) is 23.7. The maximum Gasteiger partial charge on any atom is 0.270 e. The van der Waals surface area contributed by atoms with Crippen LogP contribution < -0.4 is 11.5 Å². The topological polar surface area (TPSA) is 228 Å². The van der Waals surface area contributed by atoms with Crippen LogP contribution in [0, 0.1) is 22.7 Å². The molecule has 2 aromatic heterocycles. The maximum absolute atomic E-state index is 11.5. The number of rotatable bonds is 7. The van der Waals surface area contributed by atoms with E-state index in [-0.39, 0.29) is 29.4 Å². The SMILES string of the molecule is C=CCON=C1c2ccccc2-c2nc(C(N)=O)c(C#N)nc21.CCON=C1c2ccccc2-c2nc(C(N)=O)c(C#N)nc21. The number of nitrogens with zero attached hydrogens (tertiary/aromatic N) is 8. The second kappa shape index (κ2) is 12.6. The molecule has 0 radical (unpaired) electrons. The van der Waals surface area contributed by atoms with E-state index >= 15 is 0 Å². The summed E-state index contributed by atoms with van der Waals surface area (Å²) in [7, 11) is 0. The standard InChI is InChI=1S/C16H11N5O2.C15H11N5O2/c1-2-7-23-21-13-10-6-4-3-5-9(10)12-15(13)19-11(8-17)14(20-12)16(18)22;1-2-22-20-12-9-6-4-3-5-8(9)11-14(12)18-10(7-16)13(19-11)15(17)21/h2-6H,1,7H2,(H2,18,22);3-6H,2H2,1H3,(H2,17,21). The van der Waals surface area contributed by atoms with Gasteiger partial charge in [0.1, 0.15) is 59.6 Å². The van der Waals surface area contributed by atoms with Crippen LogP contribution in [0.3, 0.4) is 0 Å². The van der Waals surface area contributed by atoms with Crippen LogP contribution in [-0.4, -0.2) is 56.4 Å². The van der Waals surface area contributed by atoms with Crippen molar-refractivity contribution in [3.05, 3.63) is 106 Å². The Morgan fingerprint density at radius 3 is 1.56 bits per heavy atom. The molecule has 2 heterocycles. The van der Waals surface area contributed by atoms with E-state index in [0.717, 1.165) is 22.3 Å². The van der Waals surface area contributed by atoms with Crippen molar-refractivity contribution in [1.82, 2.24) is 19.9 Å². The van der Waals surface area contributed by atoms with Crippen LogP contribution in [0.15, 0.2) is 71.5 Å². The predicted molar refractivity (Wildman–Crippen MR) is 160 cm³/mol. The summed E-state index contributed by atoms with van der Waals surface area (Å²) >= 11 is 0. The molecule has 0 saturated carbocycles. The van der Waals surface area contributed by atoms with Gasteiger partial charge < -0.3 is 21.1 Å². The first kappa shape index (κ1) is 29.7. The van der Waals surface area contributed by atoms with Crippen LogP contribution in [0.4, 0.5) is 0 Å². The first-order valence-electron chi connectivity index (χ1n) is 13.3. The van der Waals surface area contributed by atoms with Gasteiger partial charge in [0.05, 0.1) is 0 Å². The minimum Gasteiger partial charge on any atom is -0.396 e. The summed E-state index contributed by atoms with van der Waals surface area (Å²) < 4.78 is 0. The lowest BCUT2D eigenvalue weighted by Gasteiger charge is -2.03. The number of carbonyl (C=O) groups is 2. The lowest BCUT2D eigenvalue weighted by atomic mass is 10.1. The molecular formula is C31H22N10O4. The number of aromatic nitrogens is 4. The predicted octanol–water partition coefficient (Wildman–Crippen LogP) is 2.60. The molecule has 6 rings (SSSR count). The molecule has 2 amide bonds. The van der Waals surface area contributed by atoms with Crippen molar-refractivity contribution in [3.8, 4) is 34.7 Å². The highest BCUT2D eigenvalue weighted by Gasteiger charge is 2.32. The van der Waals surface area contributed by atoms with E-state index in [9.17, 15) is 14.9 Å². The molecule has 2 aromatic carbocycles. The van der Waals surface area contributed by atoms with Gasteiger partial charge >= 0.3 is 0 Å². The van der Waals surface area contributed by atoms with Crippen molar-refractivity contribution in [2.45, 2.75) is 6.92 Å². The number of primary amides is 2. The molecule has 0 atom stereocenters. The lowest BCUT2D eigenvalue weighted by Crippen LogP contribution is -2.18. The highest BCUT2D eigenvalue weighted by molar-refractivity contribution is 6.23. The fraction of sp³-hybridized carbons (Fsp3) is 0.0968. The van der Waals surface area contributed by atoms with Gasteiger partial charge in [0.15, 0.2) is 22.8 Å². The number of carbonyl (C=O) groups excluding carboxylic acids is 2. The van der Waals surface area contributed by atoms with Crippen LogP contribution >= 0.6 is 0 Å². The zero-order chi connectivity index (χ0) is 32.1. The molecule has 220 valence electrons. The van der Waals surface area contributed by atoms with Gasteiger partial charge in [-0.2, -0.15) is 10.5 Å². The van der Waals surface area contributed by atoms with Crippen molar-refractivity contribution in [3.63, 3.8) is 0 Å². The Labute approximate surface area is 256 Å². The highest BCUT2D eigenvalue weighted by Crippen LogP contribution is 2.36. The molecule has 45 heavy (non-hydrogen) atoms. The molecule has 0 aliphatic heterocycles. The van der Waals surface area contributed by atoms with Gasteiger partial charge in [-0.05, 0) is 6.92 Å². The van der Waals surface area contributed by atoms with E-state index in [1.165, 1.54) is 0 Å². The Balaban J connectivity index is 0.000000178. The first-order valence-corrected chi connectivity index (χ1v) is 13.3. The average Bonchev–Trinajstić information content (AvgIpc) is 3.54. The Morgan fingerprint density at radius 2 is 1.18 bits per heavy atom. The molecule has 4 aromatic rings. The van der Waals surface area contributed by atoms with Crippen LogP contribution in [0.25, 0.3) is 22.5 Å². The van der Waals surface area contributed by atoms with Crippen LogP contribution in [0.2, 0.25) is 0 Å². The van der Waals surface area contributed by atoms with Crippen LogP contribution in [0.1, 0.15) is 61.8 Å². The van der Waals surface area contributed by atoms with E-state index in [4.69, 9.17) is 26.4 Å². The van der Waals surface area contributed by atoms with Crippen LogP contribution in [0.5, 0.6) is 0 Å². The number of nitriles is 2. The van der Waals surface area contributed by atoms with Crippen molar-refractivity contribution < 1.29 is 19.3 Å². The van der Waals surface area contributed by atoms with E-state index < -0.39 is 11.8 Å². The van der Waals surface area contributed by atoms with E-state index in [0.29, 0.717) is 40.8 Å². The van der Waals surface area contributed by atoms with E-state index in [1.54, 1.807) is 6.08 Å². The molecule has 0 spiro atoms. The fourth-order valence-corrected chi connectivity index (χ4v) is 4.59. The third kappa shape index (κ3) is 5.42. The highest BCUT2D eigenvalue weighted by atomic mass is 16.6. The monoisotopic (exact) mass is 598 g/mol. The molecule has 4 N–H and O–H groups in total. The summed E-state index contributed by atoms with van der Waals surface area (Å²) in [4.78, 5) is 50.1. The molecule has 14 nitrogen and oxygen atoms in total. The second-order valence-electron chi connectivity index (χ2n) is 9.16. The Hall–Kier alpha value is -6.80. The number of fused-ring (bicyclic) bond motifs is 6. The van der Waals surface area contributed by atoms with Gasteiger partial charge in [0.25, 0.3) is 11.8 Å². The molecule has 14 heteroatoms. The number of benzene rings is 2. The van der Waals surface area contributed by atoms with Gasteiger partial charge in [0.2, 0.25) is 0 Å².